The van der Waals surface area contributed by atoms with Crippen molar-refractivity contribution < 1.29 is 5.11 Å². The molecule has 0 spiro atoms. The van der Waals surface area contributed by atoms with E-state index in [4.69, 9.17) is 11.6 Å². The van der Waals surface area contributed by atoms with Gasteiger partial charge in [0.15, 0.2) is 0 Å². The fourth-order valence-corrected chi connectivity index (χ4v) is 3.55. The third-order valence-corrected chi connectivity index (χ3v) is 5.03. The van der Waals surface area contributed by atoms with Crippen molar-refractivity contribution in [1.29, 1.82) is 0 Å². The molecule has 1 aliphatic rings. The lowest BCUT2D eigenvalue weighted by atomic mass is 9.97. The molecule has 3 aromatic carbocycles. The maximum absolute atomic E-state index is 10.3. The number of halogens is 1. The summed E-state index contributed by atoms with van der Waals surface area (Å²) >= 11 is 6.20. The minimum absolute atomic E-state index is 0.130. The lowest BCUT2D eigenvalue weighted by molar-refractivity contribution is 0.419. The van der Waals surface area contributed by atoms with E-state index in [0.717, 1.165) is 22.4 Å². The number of hydrogen-bond acceptors (Lipinski definition) is 3. The molecule has 0 bridgehead atoms. The zero-order valence-electron chi connectivity index (χ0n) is 15.0. The Bertz CT molecular complexity index is 982. The zero-order valence-corrected chi connectivity index (χ0v) is 15.7. The first-order valence-electron chi connectivity index (χ1n) is 8.95. The van der Waals surface area contributed by atoms with Crippen LogP contribution in [0, 0.1) is 6.92 Å². The number of phenolic OH excluding ortho intramolecular Hbond substituents is 1. The molecule has 2 unspecified atom stereocenters. The molecule has 3 nitrogen and oxygen atoms in total. The van der Waals surface area contributed by atoms with Crippen LogP contribution < -0.4 is 10.6 Å². The Morgan fingerprint density at radius 2 is 1.70 bits per heavy atom. The highest BCUT2D eigenvalue weighted by atomic mass is 35.5. The van der Waals surface area contributed by atoms with E-state index in [2.05, 4.69) is 47.9 Å². The molecule has 136 valence electrons. The fourth-order valence-electron chi connectivity index (χ4n) is 3.35. The van der Waals surface area contributed by atoms with Crippen molar-refractivity contribution in [3.05, 3.63) is 106 Å². The van der Waals surface area contributed by atoms with E-state index in [0.29, 0.717) is 5.02 Å². The van der Waals surface area contributed by atoms with Gasteiger partial charge in [-0.15, -0.1) is 0 Å². The quantitative estimate of drug-likeness (QED) is 0.579. The predicted molar refractivity (Wildman–Crippen MR) is 110 cm³/mol. The van der Waals surface area contributed by atoms with Gasteiger partial charge in [0.05, 0.1) is 6.04 Å². The molecule has 0 aliphatic carbocycles. The van der Waals surface area contributed by atoms with Gasteiger partial charge in [-0.2, -0.15) is 0 Å². The molecule has 0 radical (unpaired) electrons. The van der Waals surface area contributed by atoms with Crippen molar-refractivity contribution in [2.75, 3.05) is 0 Å². The topological polar surface area (TPSA) is 44.3 Å². The summed E-state index contributed by atoms with van der Waals surface area (Å²) in [4.78, 5) is 0. The third kappa shape index (κ3) is 3.85. The Morgan fingerprint density at radius 3 is 2.44 bits per heavy atom. The van der Waals surface area contributed by atoms with Crippen LogP contribution in [-0.4, -0.2) is 5.11 Å². The van der Waals surface area contributed by atoms with Crippen LogP contribution in [0.4, 0.5) is 0 Å². The van der Waals surface area contributed by atoms with Gasteiger partial charge in [-0.25, -0.2) is 0 Å². The summed E-state index contributed by atoms with van der Waals surface area (Å²) < 4.78 is 0. The second kappa shape index (κ2) is 7.47. The molecular formula is C23H21ClN2O. The highest BCUT2D eigenvalue weighted by molar-refractivity contribution is 6.30. The molecule has 1 heterocycles. The van der Waals surface area contributed by atoms with E-state index in [-0.39, 0.29) is 18.0 Å². The highest BCUT2D eigenvalue weighted by Crippen LogP contribution is 2.33. The lowest BCUT2D eigenvalue weighted by Gasteiger charge is -2.33. The summed E-state index contributed by atoms with van der Waals surface area (Å²) in [6.07, 6.45) is 1.98. The number of para-hydroxylation sites is 1. The largest absolute Gasteiger partial charge is 0.508 e. The Kier molecular flexibility index (Phi) is 4.88. The highest BCUT2D eigenvalue weighted by Gasteiger charge is 2.25. The molecule has 0 fully saturated rings. The van der Waals surface area contributed by atoms with E-state index in [1.54, 1.807) is 6.07 Å². The van der Waals surface area contributed by atoms with E-state index < -0.39 is 0 Å². The summed E-state index contributed by atoms with van der Waals surface area (Å²) in [6.45, 7) is 2.08. The van der Waals surface area contributed by atoms with Crippen LogP contribution in [0.2, 0.25) is 5.02 Å². The molecule has 1 aliphatic heterocycles. The van der Waals surface area contributed by atoms with Gasteiger partial charge < -0.3 is 10.4 Å². The average Bonchev–Trinajstić information content (AvgIpc) is 2.68. The van der Waals surface area contributed by atoms with Gasteiger partial charge in [-0.1, -0.05) is 71.8 Å². The van der Waals surface area contributed by atoms with Gasteiger partial charge >= 0.3 is 0 Å². The Balaban J connectivity index is 1.76. The van der Waals surface area contributed by atoms with Gasteiger partial charge in [0, 0.05) is 16.3 Å². The van der Waals surface area contributed by atoms with Crippen molar-refractivity contribution in [3.8, 4) is 5.75 Å². The molecule has 0 saturated carbocycles. The molecule has 3 aromatic rings. The summed E-state index contributed by atoms with van der Waals surface area (Å²) in [5, 5.41) is 18.2. The number of aromatic hydroxyl groups is 1. The van der Waals surface area contributed by atoms with Gasteiger partial charge in [0.2, 0.25) is 0 Å². The minimum Gasteiger partial charge on any atom is -0.508 e. The SMILES string of the molecule is Cc1ccc(C2=CC(c3ccccc3O)NC(c3cccc(Cl)c3)N2)cc1. The van der Waals surface area contributed by atoms with E-state index in [1.165, 1.54) is 5.56 Å². The lowest BCUT2D eigenvalue weighted by Crippen LogP contribution is -2.39. The average molecular weight is 377 g/mol. The van der Waals surface area contributed by atoms with Gasteiger partial charge in [-0.3, -0.25) is 5.32 Å². The smallest absolute Gasteiger partial charge is 0.120 e. The second-order valence-electron chi connectivity index (χ2n) is 6.78. The zero-order chi connectivity index (χ0) is 18.8. The second-order valence-corrected chi connectivity index (χ2v) is 7.22. The standard InChI is InChI=1S/C23H21ClN2O/c1-15-9-11-16(12-10-15)20-14-21(19-7-2-3-8-22(19)27)26-23(25-20)17-5-4-6-18(24)13-17/h2-14,21,23,25-27H,1H3. The monoisotopic (exact) mass is 376 g/mol. The van der Waals surface area contributed by atoms with Crippen LogP contribution >= 0.6 is 11.6 Å². The first-order valence-corrected chi connectivity index (χ1v) is 9.33. The van der Waals surface area contributed by atoms with Gasteiger partial charge in [0.25, 0.3) is 0 Å². The fraction of sp³-hybridized carbons (Fsp3) is 0.130. The molecular weight excluding hydrogens is 356 g/mol. The summed E-state index contributed by atoms with van der Waals surface area (Å²) in [6, 6.07) is 23.5. The van der Waals surface area contributed by atoms with Crippen LogP contribution in [0.3, 0.4) is 0 Å². The number of benzene rings is 3. The molecule has 4 heteroatoms. The number of rotatable bonds is 3. The van der Waals surface area contributed by atoms with Crippen LogP contribution in [0.5, 0.6) is 5.75 Å². The van der Waals surface area contributed by atoms with Crippen molar-refractivity contribution in [3.63, 3.8) is 0 Å². The first-order chi connectivity index (χ1) is 13.1. The maximum Gasteiger partial charge on any atom is 0.120 e. The van der Waals surface area contributed by atoms with Crippen LogP contribution in [0.15, 0.2) is 78.9 Å². The van der Waals surface area contributed by atoms with Crippen LogP contribution in [0.25, 0.3) is 5.70 Å². The summed E-state index contributed by atoms with van der Waals surface area (Å²) in [5.41, 5.74) is 5.23. The Labute approximate surface area is 164 Å². The third-order valence-electron chi connectivity index (χ3n) is 4.80. The van der Waals surface area contributed by atoms with Gasteiger partial charge in [-0.05, 0) is 42.3 Å². The normalized spacial score (nSPS) is 19.3. The molecule has 0 amide bonds. The van der Waals surface area contributed by atoms with Crippen molar-refractivity contribution >= 4 is 17.3 Å². The van der Waals surface area contributed by atoms with E-state index in [9.17, 15) is 5.11 Å². The molecule has 3 N–H and O–H groups in total. The molecule has 27 heavy (non-hydrogen) atoms. The molecule has 2 atom stereocenters. The first kappa shape index (κ1) is 17.7. The van der Waals surface area contributed by atoms with Crippen LogP contribution in [-0.2, 0) is 0 Å². The molecule has 0 saturated heterocycles. The maximum atomic E-state index is 10.3. The molecule has 4 rings (SSSR count). The summed E-state index contributed by atoms with van der Waals surface area (Å²) in [7, 11) is 0. The summed E-state index contributed by atoms with van der Waals surface area (Å²) in [5.74, 6) is 0.279. The Hall–Kier alpha value is -2.75. The minimum atomic E-state index is -0.132. The predicted octanol–water partition coefficient (Wildman–Crippen LogP) is 5.33. The Morgan fingerprint density at radius 1 is 0.926 bits per heavy atom. The number of nitrogens with one attached hydrogen (secondary N) is 2. The number of aryl methyl sites for hydroxylation is 1. The van der Waals surface area contributed by atoms with Crippen molar-refractivity contribution in [2.45, 2.75) is 19.1 Å². The van der Waals surface area contributed by atoms with E-state index >= 15 is 0 Å². The van der Waals surface area contributed by atoms with Crippen molar-refractivity contribution in [1.82, 2.24) is 10.6 Å². The van der Waals surface area contributed by atoms with E-state index in [1.807, 2.05) is 42.5 Å². The van der Waals surface area contributed by atoms with Gasteiger partial charge in [0.1, 0.15) is 11.9 Å². The number of hydrogen-bond donors (Lipinski definition) is 3. The van der Waals surface area contributed by atoms with Crippen molar-refractivity contribution in [2.24, 2.45) is 0 Å². The molecule has 0 aromatic heterocycles. The van der Waals surface area contributed by atoms with Crippen LogP contribution in [0.1, 0.15) is 34.5 Å². The number of phenols is 1.